The van der Waals surface area contributed by atoms with Gasteiger partial charge >= 0.3 is 0 Å². The van der Waals surface area contributed by atoms with Crippen molar-refractivity contribution in [3.05, 3.63) is 34.9 Å². The maximum atomic E-state index is 10.8. The number of hydrogen-bond acceptors (Lipinski definition) is 3. The van der Waals surface area contributed by atoms with E-state index >= 15 is 0 Å². The van der Waals surface area contributed by atoms with Crippen molar-refractivity contribution in [1.29, 1.82) is 0 Å². The van der Waals surface area contributed by atoms with Gasteiger partial charge in [0, 0.05) is 12.7 Å². The number of allylic oxidation sites excluding steroid dienone is 1. The minimum atomic E-state index is 0.180. The van der Waals surface area contributed by atoms with Crippen LogP contribution in [0.25, 0.3) is 6.08 Å². The van der Waals surface area contributed by atoms with E-state index in [9.17, 15) is 4.79 Å². The predicted octanol–water partition coefficient (Wildman–Crippen LogP) is 4.00. The third-order valence-corrected chi connectivity index (χ3v) is 3.43. The number of carbonyl (C=O) groups excluding carboxylic acids is 1. The number of ether oxygens (including phenoxy) is 1. The number of carbonyl (C=O) groups is 1. The normalized spacial score (nSPS) is 10.9. The molecular weight excluding hydrogens is 244 g/mol. The molecule has 0 atom stereocenters. The van der Waals surface area contributed by atoms with Gasteiger partial charge in [-0.2, -0.15) is 0 Å². The molecule has 0 spiro atoms. The Morgan fingerprint density at radius 2 is 1.94 bits per heavy atom. The highest BCUT2D eigenvalue weighted by Gasteiger charge is 2.03. The Morgan fingerprint density at radius 1 is 1.33 bits per heavy atom. The molecule has 0 aromatic heterocycles. The Hall–Kier alpha value is -1.22. The molecule has 98 valence electrons. The molecule has 0 heterocycles. The van der Waals surface area contributed by atoms with Crippen molar-refractivity contribution in [3.8, 4) is 5.75 Å². The molecule has 0 amide bonds. The average molecular weight is 264 g/mol. The first-order valence-corrected chi connectivity index (χ1v) is 6.98. The van der Waals surface area contributed by atoms with Crippen LogP contribution in [-0.2, 0) is 4.79 Å². The van der Waals surface area contributed by atoms with Gasteiger partial charge in [-0.05, 0) is 49.1 Å². The van der Waals surface area contributed by atoms with Gasteiger partial charge in [-0.1, -0.05) is 23.9 Å². The number of benzene rings is 1. The number of hydrogen-bond donors (Lipinski definition) is 0. The molecule has 2 nitrogen and oxygen atoms in total. The molecule has 1 aromatic carbocycles. The molecule has 0 unspecified atom stereocenters. The lowest BCUT2D eigenvalue weighted by molar-refractivity contribution is -0.109. The average Bonchev–Trinajstić information content (AvgIpc) is 2.27. The zero-order chi connectivity index (χ0) is 13.5. The summed E-state index contributed by atoms with van der Waals surface area (Å²) in [6, 6.07) is 4.22. The van der Waals surface area contributed by atoms with Crippen LogP contribution in [0.3, 0.4) is 0 Å². The number of methoxy groups -OCH3 is 1. The minimum absolute atomic E-state index is 0.180. The lowest BCUT2D eigenvalue weighted by atomic mass is 10.1. The van der Waals surface area contributed by atoms with Crippen LogP contribution in [0.4, 0.5) is 0 Å². The second-order valence-electron chi connectivity index (χ2n) is 4.22. The van der Waals surface area contributed by atoms with Crippen molar-refractivity contribution in [3.63, 3.8) is 0 Å². The van der Waals surface area contributed by atoms with E-state index < -0.39 is 0 Å². The molecule has 0 saturated heterocycles. The predicted molar refractivity (Wildman–Crippen MR) is 79.3 cm³/mol. The van der Waals surface area contributed by atoms with E-state index in [1.807, 2.05) is 0 Å². The van der Waals surface area contributed by atoms with Crippen molar-refractivity contribution in [2.45, 2.75) is 27.2 Å². The summed E-state index contributed by atoms with van der Waals surface area (Å²) in [4.78, 5) is 10.8. The Balaban J connectivity index is 2.62. The quantitative estimate of drug-likeness (QED) is 0.752. The van der Waals surface area contributed by atoms with Gasteiger partial charge in [0.25, 0.3) is 0 Å². The van der Waals surface area contributed by atoms with Gasteiger partial charge in [0.15, 0.2) is 5.12 Å². The van der Waals surface area contributed by atoms with Crippen LogP contribution in [0.2, 0.25) is 0 Å². The van der Waals surface area contributed by atoms with E-state index in [4.69, 9.17) is 4.74 Å². The lowest BCUT2D eigenvalue weighted by Gasteiger charge is -2.09. The van der Waals surface area contributed by atoms with Crippen molar-refractivity contribution in [1.82, 2.24) is 0 Å². The Labute approximate surface area is 113 Å². The van der Waals surface area contributed by atoms with Crippen LogP contribution < -0.4 is 4.74 Å². The maximum absolute atomic E-state index is 10.8. The first kappa shape index (κ1) is 14.8. The topological polar surface area (TPSA) is 26.3 Å². The largest absolute Gasteiger partial charge is 0.496 e. The molecule has 0 aliphatic heterocycles. The Kier molecular flexibility index (Phi) is 5.99. The van der Waals surface area contributed by atoms with E-state index in [0.717, 1.165) is 29.1 Å². The van der Waals surface area contributed by atoms with E-state index in [0.29, 0.717) is 0 Å². The molecule has 1 rings (SSSR count). The Morgan fingerprint density at radius 3 is 2.44 bits per heavy atom. The van der Waals surface area contributed by atoms with Gasteiger partial charge in [-0.25, -0.2) is 0 Å². The fourth-order valence-electron chi connectivity index (χ4n) is 1.89. The third-order valence-electron chi connectivity index (χ3n) is 2.59. The summed E-state index contributed by atoms with van der Waals surface area (Å²) in [6.07, 6.45) is 5.12. The zero-order valence-corrected chi connectivity index (χ0v) is 12.3. The fourth-order valence-corrected chi connectivity index (χ4v) is 2.43. The van der Waals surface area contributed by atoms with Gasteiger partial charge in [-0.3, -0.25) is 4.79 Å². The van der Waals surface area contributed by atoms with Crippen LogP contribution in [0.5, 0.6) is 5.75 Å². The van der Waals surface area contributed by atoms with Gasteiger partial charge in [0.1, 0.15) is 5.75 Å². The smallest absolute Gasteiger partial charge is 0.185 e. The molecule has 18 heavy (non-hydrogen) atoms. The second kappa shape index (κ2) is 7.27. The van der Waals surface area contributed by atoms with Crippen LogP contribution in [0, 0.1) is 13.8 Å². The highest BCUT2D eigenvalue weighted by Crippen LogP contribution is 2.24. The molecule has 0 N–H and O–H groups in total. The summed E-state index contributed by atoms with van der Waals surface area (Å²) in [5, 5.41) is 0.180. The summed E-state index contributed by atoms with van der Waals surface area (Å²) in [5.41, 5.74) is 3.48. The van der Waals surface area contributed by atoms with Crippen molar-refractivity contribution in [2.75, 3.05) is 12.9 Å². The van der Waals surface area contributed by atoms with E-state index in [-0.39, 0.29) is 5.12 Å². The third kappa shape index (κ3) is 4.57. The van der Waals surface area contributed by atoms with Gasteiger partial charge < -0.3 is 4.74 Å². The lowest BCUT2D eigenvalue weighted by Crippen LogP contribution is -1.91. The Bertz CT molecular complexity index is 427. The molecule has 0 fully saturated rings. The van der Waals surface area contributed by atoms with Gasteiger partial charge in [0.2, 0.25) is 0 Å². The molecule has 3 heteroatoms. The minimum Gasteiger partial charge on any atom is -0.496 e. The van der Waals surface area contributed by atoms with Crippen molar-refractivity contribution in [2.24, 2.45) is 0 Å². The summed E-state index contributed by atoms with van der Waals surface area (Å²) in [7, 11) is 1.70. The molecule has 0 bridgehead atoms. The molecule has 0 radical (unpaired) electrons. The van der Waals surface area contributed by atoms with Crippen LogP contribution in [0.1, 0.15) is 30.0 Å². The summed E-state index contributed by atoms with van der Waals surface area (Å²) in [6.45, 7) is 5.70. The van der Waals surface area contributed by atoms with Crippen LogP contribution in [-0.4, -0.2) is 18.0 Å². The van der Waals surface area contributed by atoms with Crippen LogP contribution >= 0.6 is 11.8 Å². The number of rotatable bonds is 5. The maximum Gasteiger partial charge on any atom is 0.185 e. The van der Waals surface area contributed by atoms with Crippen LogP contribution in [0.15, 0.2) is 18.2 Å². The SMILES string of the molecule is COc1c(C)cc(C=CCCSC(C)=O)cc1C. The number of thioether (sulfide) groups is 1. The molecule has 0 aliphatic carbocycles. The van der Waals surface area contributed by atoms with E-state index in [1.54, 1.807) is 14.0 Å². The summed E-state index contributed by atoms with van der Waals surface area (Å²) >= 11 is 1.37. The first-order chi connectivity index (χ1) is 8.54. The van der Waals surface area contributed by atoms with Gasteiger partial charge in [-0.15, -0.1) is 0 Å². The molecular formula is C15H20O2S. The molecule has 1 aromatic rings. The first-order valence-electron chi connectivity index (χ1n) is 5.99. The standard InChI is InChI=1S/C15H20O2S/c1-11-9-14(10-12(2)15(11)17-4)7-5-6-8-18-13(3)16/h5,7,9-10H,6,8H2,1-4H3. The summed E-state index contributed by atoms with van der Waals surface area (Å²) < 4.78 is 5.34. The van der Waals surface area contributed by atoms with Crippen molar-refractivity contribution < 1.29 is 9.53 Å². The van der Waals surface area contributed by atoms with Gasteiger partial charge in [0.05, 0.1) is 7.11 Å². The molecule has 0 aliphatic rings. The second-order valence-corrected chi connectivity index (χ2v) is 5.49. The zero-order valence-electron chi connectivity index (χ0n) is 11.4. The summed E-state index contributed by atoms with van der Waals surface area (Å²) in [5.74, 6) is 1.80. The molecule has 0 saturated carbocycles. The highest BCUT2D eigenvalue weighted by atomic mass is 32.2. The van der Waals surface area contributed by atoms with E-state index in [2.05, 4.69) is 38.1 Å². The highest BCUT2D eigenvalue weighted by molar-refractivity contribution is 8.13. The van der Waals surface area contributed by atoms with Crippen molar-refractivity contribution >= 4 is 23.0 Å². The number of aryl methyl sites for hydroxylation is 2. The monoisotopic (exact) mass is 264 g/mol. The fraction of sp³-hybridized carbons (Fsp3) is 0.400. The van der Waals surface area contributed by atoms with E-state index in [1.165, 1.54) is 17.3 Å².